The molecule has 1 aromatic heterocycles. The molecule has 1 aromatic carbocycles. The third-order valence-corrected chi connectivity index (χ3v) is 5.92. The molecular weight excluding hydrogens is 394 g/mol. The van der Waals surface area contributed by atoms with Gasteiger partial charge in [-0.1, -0.05) is 68.6 Å². The van der Waals surface area contributed by atoms with Gasteiger partial charge in [-0.15, -0.1) is 0 Å². The van der Waals surface area contributed by atoms with Crippen LogP contribution in [0.5, 0.6) is 0 Å². The molecule has 0 spiro atoms. The van der Waals surface area contributed by atoms with E-state index in [2.05, 4.69) is 80.1 Å². The predicted molar refractivity (Wildman–Crippen MR) is 94.5 cm³/mol. The highest BCUT2D eigenvalue weighted by atomic mass is 79.9. The van der Waals surface area contributed by atoms with Gasteiger partial charge in [-0.25, -0.2) is 4.98 Å². The van der Waals surface area contributed by atoms with Crippen molar-refractivity contribution in [3.8, 4) is 0 Å². The van der Waals surface area contributed by atoms with Crippen molar-refractivity contribution >= 4 is 31.9 Å². The molecule has 5 heteroatoms. The Morgan fingerprint density at radius 2 is 2.00 bits per heavy atom. The fourth-order valence-corrected chi connectivity index (χ4v) is 4.46. The topological polar surface area (TPSA) is 30.7 Å². The lowest BCUT2D eigenvalue weighted by Gasteiger charge is -2.30. The summed E-state index contributed by atoms with van der Waals surface area (Å²) in [6.45, 7) is 5.22. The molecule has 0 aliphatic rings. The third-order valence-electron chi connectivity index (χ3n) is 3.77. The van der Waals surface area contributed by atoms with E-state index in [1.54, 1.807) is 6.33 Å². The first-order valence-electron chi connectivity index (χ1n) is 7.21. The van der Waals surface area contributed by atoms with Crippen LogP contribution in [0.4, 0.5) is 0 Å². The number of halogens is 2. The van der Waals surface area contributed by atoms with Gasteiger partial charge < -0.3 is 0 Å². The van der Waals surface area contributed by atoms with Crippen LogP contribution in [0.1, 0.15) is 30.3 Å². The Morgan fingerprint density at radius 1 is 1.24 bits per heavy atom. The van der Waals surface area contributed by atoms with Gasteiger partial charge in [0, 0.05) is 29.0 Å². The summed E-state index contributed by atoms with van der Waals surface area (Å²) >= 11 is 7.43. The molecule has 0 unspecified atom stereocenters. The Labute approximate surface area is 143 Å². The van der Waals surface area contributed by atoms with Gasteiger partial charge in [0.2, 0.25) is 0 Å². The van der Waals surface area contributed by atoms with E-state index in [0.717, 1.165) is 35.9 Å². The highest BCUT2D eigenvalue weighted by Crippen LogP contribution is 2.32. The monoisotopic (exact) mass is 413 g/mol. The van der Waals surface area contributed by atoms with E-state index in [4.69, 9.17) is 0 Å². The first-order valence-corrected chi connectivity index (χ1v) is 9.45. The smallest absolute Gasteiger partial charge is 0.138 e. The van der Waals surface area contributed by atoms with Gasteiger partial charge >= 0.3 is 0 Å². The highest BCUT2D eigenvalue weighted by molar-refractivity contribution is 9.09. The van der Waals surface area contributed by atoms with Crippen molar-refractivity contribution in [2.75, 3.05) is 10.7 Å². The van der Waals surface area contributed by atoms with Crippen LogP contribution in [0, 0.1) is 6.92 Å². The van der Waals surface area contributed by atoms with E-state index in [1.807, 2.05) is 4.68 Å². The van der Waals surface area contributed by atoms with Crippen molar-refractivity contribution in [2.45, 2.75) is 38.6 Å². The molecule has 2 rings (SSSR count). The molecular formula is C16H21Br2N3. The van der Waals surface area contributed by atoms with Gasteiger partial charge in [-0.3, -0.25) is 4.68 Å². The largest absolute Gasteiger partial charge is 0.250 e. The lowest BCUT2D eigenvalue weighted by atomic mass is 9.80. The summed E-state index contributed by atoms with van der Waals surface area (Å²) < 4.78 is 2.02. The van der Waals surface area contributed by atoms with E-state index in [-0.39, 0.29) is 5.41 Å². The quantitative estimate of drug-likeness (QED) is 0.633. The van der Waals surface area contributed by atoms with Gasteiger partial charge in [0.1, 0.15) is 12.2 Å². The normalized spacial score (nSPS) is 11.8. The molecule has 3 nitrogen and oxygen atoms in total. The standard InChI is InChI=1S/C16H21Br2N3/c1-3-7-21-15(19-12-20-21)9-16(10-17,11-18)14-6-4-5-13(2)8-14/h4-6,8,12H,3,7,9-11H2,1-2H3. The first-order chi connectivity index (χ1) is 10.1. The number of rotatable bonds is 7. The van der Waals surface area contributed by atoms with E-state index in [1.165, 1.54) is 11.1 Å². The zero-order valence-electron chi connectivity index (χ0n) is 12.5. The van der Waals surface area contributed by atoms with Crippen LogP contribution in [0.25, 0.3) is 0 Å². The molecule has 0 saturated carbocycles. The number of aromatic nitrogens is 3. The Bertz CT molecular complexity index is 576. The Kier molecular flexibility index (Phi) is 5.99. The second-order valence-corrected chi connectivity index (χ2v) is 6.61. The van der Waals surface area contributed by atoms with Crippen molar-refractivity contribution in [3.05, 3.63) is 47.5 Å². The fraction of sp³-hybridized carbons (Fsp3) is 0.500. The van der Waals surface area contributed by atoms with Crippen LogP contribution >= 0.6 is 31.9 Å². The van der Waals surface area contributed by atoms with E-state index >= 15 is 0 Å². The molecule has 1 heterocycles. The van der Waals surface area contributed by atoms with Crippen LogP contribution in [-0.4, -0.2) is 25.4 Å². The Morgan fingerprint density at radius 3 is 2.62 bits per heavy atom. The second-order valence-electron chi connectivity index (χ2n) is 5.49. The maximum absolute atomic E-state index is 4.47. The third kappa shape index (κ3) is 3.75. The average molecular weight is 415 g/mol. The van der Waals surface area contributed by atoms with E-state index < -0.39 is 0 Å². The average Bonchev–Trinajstić information content (AvgIpc) is 2.92. The predicted octanol–water partition coefficient (Wildman–Crippen LogP) is 4.27. The molecule has 0 aliphatic heterocycles. The zero-order chi connectivity index (χ0) is 15.3. The highest BCUT2D eigenvalue weighted by Gasteiger charge is 2.32. The van der Waals surface area contributed by atoms with Crippen molar-refractivity contribution in [1.82, 2.24) is 14.8 Å². The van der Waals surface area contributed by atoms with Crippen molar-refractivity contribution in [1.29, 1.82) is 0 Å². The zero-order valence-corrected chi connectivity index (χ0v) is 15.7. The second kappa shape index (κ2) is 7.54. The summed E-state index contributed by atoms with van der Waals surface area (Å²) in [5, 5.41) is 6.11. The van der Waals surface area contributed by atoms with Crippen molar-refractivity contribution in [2.24, 2.45) is 0 Å². The van der Waals surface area contributed by atoms with Gasteiger partial charge in [-0.05, 0) is 18.9 Å². The lowest BCUT2D eigenvalue weighted by molar-refractivity contribution is 0.489. The van der Waals surface area contributed by atoms with Gasteiger partial charge in [0.25, 0.3) is 0 Å². The molecule has 114 valence electrons. The minimum Gasteiger partial charge on any atom is -0.250 e. The minimum absolute atomic E-state index is 0.00938. The maximum Gasteiger partial charge on any atom is 0.138 e. The van der Waals surface area contributed by atoms with Gasteiger partial charge in [0.15, 0.2) is 0 Å². The van der Waals surface area contributed by atoms with Crippen molar-refractivity contribution < 1.29 is 0 Å². The van der Waals surface area contributed by atoms with Crippen LogP contribution in [0.3, 0.4) is 0 Å². The minimum atomic E-state index is -0.00938. The van der Waals surface area contributed by atoms with Crippen LogP contribution in [-0.2, 0) is 18.4 Å². The Balaban J connectivity index is 2.36. The SMILES string of the molecule is CCCn1ncnc1CC(CBr)(CBr)c1cccc(C)c1. The first kappa shape index (κ1) is 16.7. The maximum atomic E-state index is 4.47. The number of aryl methyl sites for hydroxylation is 2. The lowest BCUT2D eigenvalue weighted by Crippen LogP contribution is -2.34. The number of hydrogen-bond acceptors (Lipinski definition) is 2. The summed E-state index contributed by atoms with van der Waals surface area (Å²) in [5.74, 6) is 1.05. The number of benzene rings is 1. The van der Waals surface area contributed by atoms with Crippen LogP contribution in [0.15, 0.2) is 30.6 Å². The Hall–Kier alpha value is -0.680. The molecule has 0 saturated heterocycles. The molecule has 0 N–H and O–H groups in total. The molecule has 0 radical (unpaired) electrons. The summed E-state index contributed by atoms with van der Waals surface area (Å²) in [7, 11) is 0. The van der Waals surface area contributed by atoms with Gasteiger partial charge in [-0.2, -0.15) is 5.10 Å². The molecule has 0 aliphatic carbocycles. The summed E-state index contributed by atoms with van der Waals surface area (Å²) in [6, 6.07) is 8.73. The number of hydrogen-bond donors (Lipinski definition) is 0. The van der Waals surface area contributed by atoms with E-state index in [0.29, 0.717) is 0 Å². The molecule has 0 amide bonds. The van der Waals surface area contributed by atoms with E-state index in [9.17, 15) is 0 Å². The molecule has 2 aromatic rings. The molecule has 0 atom stereocenters. The van der Waals surface area contributed by atoms with Crippen LogP contribution < -0.4 is 0 Å². The summed E-state index contributed by atoms with van der Waals surface area (Å²) in [6.07, 6.45) is 3.60. The van der Waals surface area contributed by atoms with Crippen molar-refractivity contribution in [3.63, 3.8) is 0 Å². The number of nitrogens with zero attached hydrogens (tertiary/aromatic N) is 3. The summed E-state index contributed by atoms with van der Waals surface area (Å²) in [4.78, 5) is 4.47. The number of alkyl halides is 2. The fourth-order valence-electron chi connectivity index (χ4n) is 2.49. The molecule has 21 heavy (non-hydrogen) atoms. The van der Waals surface area contributed by atoms with Crippen LogP contribution in [0.2, 0.25) is 0 Å². The summed E-state index contributed by atoms with van der Waals surface area (Å²) in [5.41, 5.74) is 2.61. The molecule has 0 fully saturated rings. The molecule has 0 bridgehead atoms. The van der Waals surface area contributed by atoms with Gasteiger partial charge in [0.05, 0.1) is 0 Å².